The molecule has 2 atom stereocenters. The van der Waals surface area contributed by atoms with Gasteiger partial charge in [0.2, 0.25) is 0 Å². The Kier molecular flexibility index (Phi) is 2.11. The Balaban J connectivity index is 2.17. The normalized spacial score (nSPS) is 32.1. The Morgan fingerprint density at radius 3 is 2.78 bits per heavy atom. The van der Waals surface area contributed by atoms with Gasteiger partial charge in [0.25, 0.3) is 0 Å². The number of hydrogen-bond donors (Lipinski definition) is 1. The lowest BCUT2D eigenvalue weighted by molar-refractivity contribution is -0.138. The average Bonchev–Trinajstić information content (AvgIpc) is 2.47. The minimum absolute atomic E-state index is 0.0254. The first-order chi connectivity index (χ1) is 4.25. The lowest BCUT2D eigenvalue weighted by atomic mass is 10.2. The Morgan fingerprint density at radius 1 is 1.78 bits per heavy atom. The van der Waals surface area contributed by atoms with E-state index in [4.69, 9.17) is 5.11 Å². The van der Waals surface area contributed by atoms with E-state index in [1.54, 1.807) is 0 Å². The first kappa shape index (κ1) is 7.06. The van der Waals surface area contributed by atoms with Gasteiger partial charge in [-0.25, -0.2) is 0 Å². The zero-order chi connectivity index (χ0) is 6.85. The number of alkyl halides is 1. The van der Waals surface area contributed by atoms with E-state index < -0.39 is 5.97 Å². The van der Waals surface area contributed by atoms with Gasteiger partial charge in [-0.3, -0.25) is 4.79 Å². The summed E-state index contributed by atoms with van der Waals surface area (Å²) in [6.45, 7) is 0. The van der Waals surface area contributed by atoms with Gasteiger partial charge >= 0.3 is 5.97 Å². The topological polar surface area (TPSA) is 37.3 Å². The van der Waals surface area contributed by atoms with Gasteiger partial charge in [0.05, 0.1) is 5.92 Å². The van der Waals surface area contributed by atoms with Gasteiger partial charge in [-0.1, -0.05) is 15.9 Å². The molecule has 0 saturated heterocycles. The van der Waals surface area contributed by atoms with Crippen molar-refractivity contribution in [1.82, 2.24) is 0 Å². The van der Waals surface area contributed by atoms with Crippen molar-refractivity contribution < 1.29 is 9.90 Å². The van der Waals surface area contributed by atoms with Crippen molar-refractivity contribution in [3.05, 3.63) is 0 Å². The number of carboxylic acids is 1. The fourth-order valence-electron chi connectivity index (χ4n) is 1.01. The van der Waals surface area contributed by atoms with Crippen molar-refractivity contribution in [1.29, 1.82) is 0 Å². The fraction of sp³-hybridized carbons (Fsp3) is 0.833. The summed E-state index contributed by atoms with van der Waals surface area (Å²) < 4.78 is 0. The molecule has 0 spiro atoms. The molecule has 0 aliphatic heterocycles. The third-order valence-electron chi connectivity index (χ3n) is 1.72. The first-order valence-electron chi connectivity index (χ1n) is 3.04. The van der Waals surface area contributed by atoms with Crippen molar-refractivity contribution in [2.24, 2.45) is 11.8 Å². The van der Waals surface area contributed by atoms with Crippen molar-refractivity contribution in [2.75, 3.05) is 5.33 Å². The molecule has 0 amide bonds. The lowest BCUT2D eigenvalue weighted by Crippen LogP contribution is -1.99. The van der Waals surface area contributed by atoms with Gasteiger partial charge in [0.1, 0.15) is 0 Å². The molecule has 3 heteroatoms. The van der Waals surface area contributed by atoms with Crippen molar-refractivity contribution in [3.63, 3.8) is 0 Å². The van der Waals surface area contributed by atoms with Crippen LogP contribution in [-0.4, -0.2) is 16.4 Å². The summed E-state index contributed by atoms with van der Waals surface area (Å²) in [4.78, 5) is 10.2. The van der Waals surface area contributed by atoms with E-state index >= 15 is 0 Å². The second-order valence-electron chi connectivity index (χ2n) is 2.42. The molecule has 1 rings (SSSR count). The highest BCUT2D eigenvalue weighted by Gasteiger charge is 2.41. The SMILES string of the molecule is O=C(O)C1CC1CCBr. The van der Waals surface area contributed by atoms with Crippen LogP contribution in [0.5, 0.6) is 0 Å². The molecule has 1 saturated carbocycles. The lowest BCUT2D eigenvalue weighted by Gasteiger charge is -1.88. The minimum Gasteiger partial charge on any atom is -0.481 e. The average molecular weight is 193 g/mol. The number of carboxylic acid groups (broad SMARTS) is 1. The highest BCUT2D eigenvalue weighted by Crippen LogP contribution is 2.41. The minimum atomic E-state index is -0.624. The maximum Gasteiger partial charge on any atom is 0.306 e. The summed E-state index contributed by atoms with van der Waals surface area (Å²) in [5.41, 5.74) is 0. The Morgan fingerprint density at radius 2 is 2.44 bits per heavy atom. The van der Waals surface area contributed by atoms with Crippen LogP contribution in [0.3, 0.4) is 0 Å². The van der Waals surface area contributed by atoms with Gasteiger partial charge < -0.3 is 5.11 Å². The van der Waals surface area contributed by atoms with E-state index in [0.29, 0.717) is 5.92 Å². The van der Waals surface area contributed by atoms with E-state index in [1.807, 2.05) is 0 Å². The standard InChI is InChI=1S/C6H9BrO2/c7-2-1-4-3-5(4)6(8)9/h4-5H,1-3H2,(H,8,9). The molecule has 0 aromatic heterocycles. The highest BCUT2D eigenvalue weighted by atomic mass is 79.9. The number of halogens is 1. The molecule has 1 fully saturated rings. The van der Waals surface area contributed by atoms with E-state index in [0.717, 1.165) is 18.2 Å². The molecule has 1 aliphatic carbocycles. The molecule has 9 heavy (non-hydrogen) atoms. The third kappa shape index (κ3) is 1.68. The Labute approximate surface area is 62.4 Å². The summed E-state index contributed by atoms with van der Waals surface area (Å²) in [6, 6.07) is 0. The van der Waals surface area contributed by atoms with Crippen molar-refractivity contribution >= 4 is 21.9 Å². The zero-order valence-corrected chi connectivity index (χ0v) is 6.60. The maximum absolute atomic E-state index is 10.2. The molecular weight excluding hydrogens is 184 g/mol. The molecule has 52 valence electrons. The summed E-state index contributed by atoms with van der Waals surface area (Å²) in [7, 11) is 0. The van der Waals surface area contributed by atoms with Gasteiger partial charge in [-0.2, -0.15) is 0 Å². The smallest absolute Gasteiger partial charge is 0.306 e. The van der Waals surface area contributed by atoms with E-state index in [1.165, 1.54) is 0 Å². The second-order valence-corrected chi connectivity index (χ2v) is 3.21. The molecule has 0 aromatic carbocycles. The van der Waals surface area contributed by atoms with Crippen molar-refractivity contribution in [3.8, 4) is 0 Å². The number of hydrogen-bond acceptors (Lipinski definition) is 1. The van der Waals surface area contributed by atoms with Crippen LogP contribution in [-0.2, 0) is 4.79 Å². The summed E-state index contributed by atoms with van der Waals surface area (Å²) in [5.74, 6) is -0.189. The maximum atomic E-state index is 10.2. The molecule has 0 aromatic rings. The van der Waals surface area contributed by atoms with Crippen LogP contribution in [0.4, 0.5) is 0 Å². The van der Waals surface area contributed by atoms with Gasteiger partial charge in [-0.15, -0.1) is 0 Å². The van der Waals surface area contributed by atoms with Gasteiger partial charge in [0.15, 0.2) is 0 Å². The summed E-state index contributed by atoms with van der Waals surface area (Å²) >= 11 is 3.27. The van der Waals surface area contributed by atoms with Crippen LogP contribution in [0.25, 0.3) is 0 Å². The molecule has 2 nitrogen and oxygen atoms in total. The predicted molar refractivity (Wildman–Crippen MR) is 37.6 cm³/mol. The molecule has 1 N–H and O–H groups in total. The molecule has 0 bridgehead atoms. The Bertz CT molecular complexity index is 124. The van der Waals surface area contributed by atoms with Gasteiger partial charge in [0, 0.05) is 5.33 Å². The van der Waals surface area contributed by atoms with Crippen LogP contribution in [0, 0.1) is 11.8 Å². The number of aliphatic carboxylic acids is 1. The fourth-order valence-corrected chi connectivity index (χ4v) is 1.60. The van der Waals surface area contributed by atoms with Crippen LogP contribution in [0.15, 0.2) is 0 Å². The number of rotatable bonds is 3. The molecule has 0 radical (unpaired) electrons. The molecule has 2 unspecified atom stereocenters. The summed E-state index contributed by atoms with van der Waals surface area (Å²) in [6.07, 6.45) is 1.90. The summed E-state index contributed by atoms with van der Waals surface area (Å²) in [5, 5.41) is 9.37. The number of carbonyl (C=O) groups is 1. The van der Waals surface area contributed by atoms with E-state index in [9.17, 15) is 4.79 Å². The quantitative estimate of drug-likeness (QED) is 0.689. The Hall–Kier alpha value is -0.0500. The van der Waals surface area contributed by atoms with Crippen LogP contribution >= 0.6 is 15.9 Å². The zero-order valence-electron chi connectivity index (χ0n) is 5.01. The molecule has 0 heterocycles. The van der Waals surface area contributed by atoms with Crippen LogP contribution in [0.2, 0.25) is 0 Å². The van der Waals surface area contributed by atoms with Crippen LogP contribution in [0.1, 0.15) is 12.8 Å². The second kappa shape index (κ2) is 2.69. The van der Waals surface area contributed by atoms with Crippen LogP contribution < -0.4 is 0 Å². The monoisotopic (exact) mass is 192 g/mol. The van der Waals surface area contributed by atoms with Crippen molar-refractivity contribution in [2.45, 2.75) is 12.8 Å². The third-order valence-corrected chi connectivity index (χ3v) is 2.18. The highest BCUT2D eigenvalue weighted by molar-refractivity contribution is 9.09. The predicted octanol–water partition coefficient (Wildman–Crippen LogP) is 1.49. The van der Waals surface area contributed by atoms with E-state index in [-0.39, 0.29) is 5.92 Å². The van der Waals surface area contributed by atoms with Gasteiger partial charge in [-0.05, 0) is 18.8 Å². The first-order valence-corrected chi connectivity index (χ1v) is 4.16. The van der Waals surface area contributed by atoms with E-state index in [2.05, 4.69) is 15.9 Å². The molecular formula is C6H9BrO2. The largest absolute Gasteiger partial charge is 0.481 e. The molecule has 1 aliphatic rings.